The van der Waals surface area contributed by atoms with Gasteiger partial charge in [0.1, 0.15) is 0 Å². The zero-order chi connectivity index (χ0) is 9.80. The quantitative estimate of drug-likeness (QED) is 0.724. The highest BCUT2D eigenvalue weighted by molar-refractivity contribution is 8.19. The first-order chi connectivity index (χ1) is 6.86. The van der Waals surface area contributed by atoms with Gasteiger partial charge in [-0.1, -0.05) is 18.2 Å². The lowest BCUT2D eigenvalue weighted by atomic mass is 10.2. The molecule has 1 aromatic rings. The van der Waals surface area contributed by atoms with Gasteiger partial charge in [-0.25, -0.2) is 4.79 Å². The number of esters is 1. The van der Waals surface area contributed by atoms with Crippen LogP contribution in [0.1, 0.15) is 10.4 Å². The number of ether oxygens (including phenoxy) is 1. The highest BCUT2D eigenvalue weighted by atomic mass is 32.2. The third-order valence-electron chi connectivity index (χ3n) is 1.80. The van der Waals surface area contributed by atoms with Crippen molar-refractivity contribution in [2.75, 3.05) is 11.5 Å². The first-order valence-corrected chi connectivity index (χ1v) is 6.45. The van der Waals surface area contributed by atoms with Crippen LogP contribution in [0.25, 0.3) is 0 Å². The Hall–Kier alpha value is -0.610. The van der Waals surface area contributed by atoms with E-state index < -0.39 is 0 Å². The molecule has 4 heteroatoms. The largest absolute Gasteiger partial charge is 0.437 e. The molecule has 0 saturated carbocycles. The molecular formula is C10H10O2S2. The predicted molar refractivity (Wildman–Crippen MR) is 60.6 cm³/mol. The van der Waals surface area contributed by atoms with E-state index in [9.17, 15) is 4.79 Å². The maximum Gasteiger partial charge on any atom is 0.339 e. The molecule has 0 aliphatic carbocycles. The lowest BCUT2D eigenvalue weighted by Gasteiger charge is -2.09. The Balaban J connectivity index is 1.95. The van der Waals surface area contributed by atoms with E-state index in [1.165, 1.54) is 0 Å². The summed E-state index contributed by atoms with van der Waals surface area (Å²) in [4.78, 5) is 11.6. The number of rotatable bonds is 2. The van der Waals surface area contributed by atoms with Gasteiger partial charge in [-0.2, -0.15) is 0 Å². The lowest BCUT2D eigenvalue weighted by molar-refractivity contribution is 0.0550. The first-order valence-electron chi connectivity index (χ1n) is 4.35. The minimum Gasteiger partial charge on any atom is -0.437 e. The first kappa shape index (κ1) is 9.93. The molecule has 0 unspecified atom stereocenters. The molecule has 1 aliphatic heterocycles. The van der Waals surface area contributed by atoms with Crippen molar-refractivity contribution in [3.63, 3.8) is 0 Å². The molecule has 0 radical (unpaired) electrons. The molecule has 0 aromatic heterocycles. The van der Waals surface area contributed by atoms with Crippen LogP contribution in [0, 0.1) is 0 Å². The van der Waals surface area contributed by atoms with E-state index >= 15 is 0 Å². The van der Waals surface area contributed by atoms with Crippen LogP contribution >= 0.6 is 23.5 Å². The van der Waals surface area contributed by atoms with Crippen LogP contribution < -0.4 is 0 Å². The fourth-order valence-corrected chi connectivity index (χ4v) is 3.56. The molecule has 0 spiro atoms. The topological polar surface area (TPSA) is 26.3 Å². The van der Waals surface area contributed by atoms with Gasteiger partial charge in [-0.3, -0.25) is 0 Å². The molecule has 1 aromatic carbocycles. The van der Waals surface area contributed by atoms with Crippen molar-refractivity contribution in [3.05, 3.63) is 35.9 Å². The van der Waals surface area contributed by atoms with Crippen molar-refractivity contribution in [3.8, 4) is 0 Å². The second-order valence-electron chi connectivity index (χ2n) is 2.80. The highest BCUT2D eigenvalue weighted by Gasteiger charge is 2.20. The third-order valence-corrected chi connectivity index (χ3v) is 4.50. The minimum absolute atomic E-state index is 0.0114. The molecule has 1 aliphatic rings. The SMILES string of the molecule is O=C(OC1SCCS1)c1ccccc1. The maximum atomic E-state index is 11.6. The summed E-state index contributed by atoms with van der Waals surface area (Å²) in [6.07, 6.45) is 0. The van der Waals surface area contributed by atoms with Gasteiger partial charge >= 0.3 is 5.97 Å². The van der Waals surface area contributed by atoms with Gasteiger partial charge in [0.05, 0.1) is 5.56 Å². The Bertz CT molecular complexity index is 307. The summed E-state index contributed by atoms with van der Waals surface area (Å²) in [6.45, 7) is 0. The molecule has 0 amide bonds. The zero-order valence-electron chi connectivity index (χ0n) is 7.51. The average molecular weight is 226 g/mol. The molecule has 0 atom stereocenters. The number of carbonyl (C=O) groups excluding carboxylic acids is 1. The summed E-state index contributed by atoms with van der Waals surface area (Å²) in [5, 5.41) is 0. The lowest BCUT2D eigenvalue weighted by Crippen LogP contribution is -2.09. The molecule has 14 heavy (non-hydrogen) atoms. The Morgan fingerprint density at radius 2 is 1.86 bits per heavy atom. The molecule has 74 valence electrons. The Morgan fingerprint density at radius 1 is 1.21 bits per heavy atom. The number of thioether (sulfide) groups is 2. The van der Waals surface area contributed by atoms with Crippen LogP contribution in [0.3, 0.4) is 0 Å². The Morgan fingerprint density at radius 3 is 2.50 bits per heavy atom. The van der Waals surface area contributed by atoms with Crippen LogP contribution in [0.15, 0.2) is 30.3 Å². The summed E-state index contributed by atoms with van der Waals surface area (Å²) in [7, 11) is 0. The summed E-state index contributed by atoms with van der Waals surface area (Å²) in [6, 6.07) is 9.10. The van der Waals surface area contributed by atoms with Crippen molar-refractivity contribution in [2.24, 2.45) is 0 Å². The minimum atomic E-state index is -0.225. The standard InChI is InChI=1S/C10H10O2S2/c11-9(8-4-2-1-3-5-8)12-10-13-6-7-14-10/h1-5,10H,6-7H2. The van der Waals surface area contributed by atoms with Crippen LogP contribution in [0.5, 0.6) is 0 Å². The van der Waals surface area contributed by atoms with Crippen LogP contribution in [-0.2, 0) is 4.74 Å². The van der Waals surface area contributed by atoms with Crippen molar-refractivity contribution in [1.82, 2.24) is 0 Å². The van der Waals surface area contributed by atoms with Crippen molar-refractivity contribution >= 4 is 29.5 Å². The van der Waals surface area contributed by atoms with E-state index in [-0.39, 0.29) is 10.7 Å². The van der Waals surface area contributed by atoms with E-state index in [0.29, 0.717) is 5.56 Å². The molecule has 0 N–H and O–H groups in total. The maximum absolute atomic E-state index is 11.6. The van der Waals surface area contributed by atoms with E-state index in [0.717, 1.165) is 11.5 Å². The molecule has 1 fully saturated rings. The molecule has 1 heterocycles. The number of carbonyl (C=O) groups is 1. The smallest absolute Gasteiger partial charge is 0.339 e. The molecule has 2 rings (SSSR count). The summed E-state index contributed by atoms with van der Waals surface area (Å²) >= 11 is 3.37. The van der Waals surface area contributed by atoms with Crippen LogP contribution in [-0.4, -0.2) is 22.2 Å². The van der Waals surface area contributed by atoms with E-state index in [1.807, 2.05) is 18.2 Å². The average Bonchev–Trinajstić information content (AvgIpc) is 2.72. The van der Waals surface area contributed by atoms with Gasteiger partial charge in [-0.15, -0.1) is 23.5 Å². The van der Waals surface area contributed by atoms with Crippen molar-refractivity contribution < 1.29 is 9.53 Å². The number of hydrogen-bond donors (Lipinski definition) is 0. The molecular weight excluding hydrogens is 216 g/mol. The molecule has 2 nitrogen and oxygen atoms in total. The van der Waals surface area contributed by atoms with E-state index in [4.69, 9.17) is 4.74 Å². The van der Waals surface area contributed by atoms with E-state index in [2.05, 4.69) is 0 Å². The summed E-state index contributed by atoms with van der Waals surface area (Å²) < 4.78 is 5.27. The second-order valence-corrected chi connectivity index (χ2v) is 5.44. The zero-order valence-corrected chi connectivity index (χ0v) is 9.14. The van der Waals surface area contributed by atoms with Gasteiger partial charge in [0, 0.05) is 11.5 Å². The Labute approximate surface area is 91.4 Å². The van der Waals surface area contributed by atoms with Gasteiger partial charge < -0.3 is 4.74 Å². The fraction of sp³-hybridized carbons (Fsp3) is 0.300. The van der Waals surface area contributed by atoms with Crippen molar-refractivity contribution in [2.45, 2.75) is 4.77 Å². The molecule has 0 bridgehead atoms. The molecule has 1 saturated heterocycles. The van der Waals surface area contributed by atoms with Crippen LogP contribution in [0.4, 0.5) is 0 Å². The predicted octanol–water partition coefficient (Wildman–Crippen LogP) is 2.61. The fourth-order valence-electron chi connectivity index (χ4n) is 1.13. The van der Waals surface area contributed by atoms with Gasteiger partial charge in [0.2, 0.25) is 0 Å². The second kappa shape index (κ2) is 4.75. The summed E-state index contributed by atoms with van der Waals surface area (Å²) in [5.74, 6) is 1.91. The third kappa shape index (κ3) is 2.45. The van der Waals surface area contributed by atoms with E-state index in [1.54, 1.807) is 35.7 Å². The van der Waals surface area contributed by atoms with Gasteiger partial charge in [0.15, 0.2) is 4.77 Å². The number of hydrogen-bond acceptors (Lipinski definition) is 4. The monoisotopic (exact) mass is 226 g/mol. The normalized spacial score (nSPS) is 16.9. The van der Waals surface area contributed by atoms with Crippen LogP contribution in [0.2, 0.25) is 0 Å². The highest BCUT2D eigenvalue weighted by Crippen LogP contribution is 2.33. The van der Waals surface area contributed by atoms with Crippen molar-refractivity contribution in [1.29, 1.82) is 0 Å². The summed E-state index contributed by atoms with van der Waals surface area (Å²) in [5.41, 5.74) is 0.626. The number of benzene rings is 1. The van der Waals surface area contributed by atoms with Gasteiger partial charge in [0.25, 0.3) is 0 Å². The Kier molecular flexibility index (Phi) is 3.37. The van der Waals surface area contributed by atoms with Gasteiger partial charge in [-0.05, 0) is 12.1 Å².